The van der Waals surface area contributed by atoms with Gasteiger partial charge in [-0.1, -0.05) is 36.4 Å². The summed E-state index contributed by atoms with van der Waals surface area (Å²) in [6.45, 7) is 0.217. The Kier molecular flexibility index (Phi) is 5.92. The van der Waals surface area contributed by atoms with E-state index in [2.05, 4.69) is 15.0 Å². The third-order valence-electron chi connectivity index (χ3n) is 7.79. The molecule has 5 heterocycles. The highest BCUT2D eigenvalue weighted by atomic mass is 32.2. The van der Waals surface area contributed by atoms with Gasteiger partial charge in [0.2, 0.25) is 5.91 Å². The second-order valence-electron chi connectivity index (χ2n) is 10.3. The van der Waals surface area contributed by atoms with E-state index in [1.165, 1.54) is 4.52 Å². The van der Waals surface area contributed by atoms with Crippen molar-refractivity contribution in [1.82, 2.24) is 24.5 Å². The number of amides is 1. The minimum absolute atomic E-state index is 0.0324. The van der Waals surface area contributed by atoms with E-state index in [9.17, 15) is 13.2 Å². The number of nitrogen functional groups attached to an aromatic ring is 1. The highest BCUT2D eigenvalue weighted by Gasteiger charge is 2.43. The van der Waals surface area contributed by atoms with Crippen molar-refractivity contribution in [2.75, 3.05) is 18.5 Å². The second-order valence-corrected chi connectivity index (χ2v) is 12.2. The van der Waals surface area contributed by atoms with Gasteiger partial charge < -0.3 is 11.5 Å². The highest BCUT2D eigenvalue weighted by molar-refractivity contribution is 7.91. The predicted octanol–water partition coefficient (Wildman–Crippen LogP) is 2.64. The van der Waals surface area contributed by atoms with E-state index in [1.807, 2.05) is 42.5 Å². The summed E-state index contributed by atoms with van der Waals surface area (Å²) < 4.78 is 27.3. The molecular formula is C27H29N7O3S. The summed E-state index contributed by atoms with van der Waals surface area (Å²) in [7, 11) is -3.69. The number of benzene rings is 1. The number of carbonyl (C=O) groups is 1. The van der Waals surface area contributed by atoms with Gasteiger partial charge in [-0.3, -0.25) is 14.7 Å². The number of nitrogens with two attached hydrogens (primary N) is 2. The molecule has 4 aromatic rings. The van der Waals surface area contributed by atoms with E-state index in [4.69, 9.17) is 16.5 Å². The summed E-state index contributed by atoms with van der Waals surface area (Å²) >= 11 is 0. The van der Waals surface area contributed by atoms with Crippen LogP contribution in [0.4, 0.5) is 5.82 Å². The number of rotatable bonds is 6. The first kappa shape index (κ1) is 24.5. The van der Waals surface area contributed by atoms with Crippen molar-refractivity contribution < 1.29 is 13.2 Å². The molecule has 1 amide bonds. The van der Waals surface area contributed by atoms with Crippen molar-refractivity contribution in [1.29, 1.82) is 0 Å². The number of fused-ring (bicyclic) bond motifs is 3. The maximum atomic E-state index is 13.0. The van der Waals surface area contributed by atoms with Crippen LogP contribution >= 0.6 is 0 Å². The average molecular weight is 532 g/mol. The molecule has 1 aromatic carbocycles. The Morgan fingerprint density at radius 2 is 1.74 bits per heavy atom. The van der Waals surface area contributed by atoms with Gasteiger partial charge in [-0.25, -0.2) is 13.4 Å². The molecule has 2 aliphatic heterocycles. The smallest absolute Gasteiger partial charge is 0.231 e. The Labute approximate surface area is 220 Å². The summed E-state index contributed by atoms with van der Waals surface area (Å²) in [6.07, 6.45) is 7.83. The molecule has 0 spiro atoms. The van der Waals surface area contributed by atoms with Gasteiger partial charge in [-0.2, -0.15) is 9.61 Å². The first-order chi connectivity index (χ1) is 18.2. The van der Waals surface area contributed by atoms with Crippen LogP contribution in [0, 0.1) is 0 Å². The third-order valence-corrected chi connectivity index (χ3v) is 8.95. The van der Waals surface area contributed by atoms with Gasteiger partial charge in [-0.05, 0) is 31.7 Å². The van der Waals surface area contributed by atoms with E-state index in [0.29, 0.717) is 24.2 Å². The molecule has 0 radical (unpaired) electrons. The molecule has 6 rings (SSSR count). The number of aromatic nitrogens is 4. The molecule has 4 N–H and O–H groups in total. The highest BCUT2D eigenvalue weighted by Crippen LogP contribution is 2.45. The van der Waals surface area contributed by atoms with Crippen molar-refractivity contribution in [2.24, 2.45) is 5.73 Å². The zero-order chi connectivity index (χ0) is 26.6. The molecule has 2 bridgehead atoms. The lowest BCUT2D eigenvalue weighted by atomic mass is 9.87. The number of nitrogens with zero attached hydrogens (tertiary/aromatic N) is 5. The Morgan fingerprint density at radius 1 is 1.03 bits per heavy atom. The minimum Gasteiger partial charge on any atom is -0.382 e. The predicted molar refractivity (Wildman–Crippen MR) is 144 cm³/mol. The van der Waals surface area contributed by atoms with Gasteiger partial charge in [0.1, 0.15) is 10.7 Å². The van der Waals surface area contributed by atoms with Crippen LogP contribution in [0.25, 0.3) is 28.0 Å². The van der Waals surface area contributed by atoms with Crippen molar-refractivity contribution in [3.05, 3.63) is 60.6 Å². The number of sulfone groups is 1. The molecule has 196 valence electrons. The number of anilines is 1. The van der Waals surface area contributed by atoms with Crippen LogP contribution in [0.2, 0.25) is 0 Å². The van der Waals surface area contributed by atoms with Gasteiger partial charge in [0, 0.05) is 47.1 Å². The van der Waals surface area contributed by atoms with Gasteiger partial charge in [0.25, 0.3) is 0 Å². The Balaban J connectivity index is 1.43. The fraction of sp³-hybridized carbons (Fsp3) is 0.333. The molecule has 2 unspecified atom stereocenters. The standard InChI is InChI=1S/C27H29N7O3S/c1-38(36,37)25-24(18-11-19-8-9-20(12-18)33(19)15-23(28)35)32-27-21(14-31-34(27)26(25)29)17-7-10-22(30-13-17)16-5-3-2-4-6-16/h2-7,10,13-14,18-20H,8-9,11-12,15,29H2,1H3,(H2,28,35). The zero-order valence-corrected chi connectivity index (χ0v) is 21.8. The van der Waals surface area contributed by atoms with Crippen molar-refractivity contribution >= 4 is 27.2 Å². The lowest BCUT2D eigenvalue weighted by molar-refractivity contribution is -0.120. The van der Waals surface area contributed by atoms with E-state index in [-0.39, 0.29) is 41.2 Å². The molecule has 0 aliphatic carbocycles. The average Bonchev–Trinajstić information content (AvgIpc) is 3.40. The molecule has 3 aromatic heterocycles. The van der Waals surface area contributed by atoms with Gasteiger partial charge in [0.05, 0.1) is 24.1 Å². The number of primary amides is 1. The maximum absolute atomic E-state index is 13.0. The third kappa shape index (κ3) is 4.21. The lowest BCUT2D eigenvalue weighted by Crippen LogP contribution is -2.46. The quantitative estimate of drug-likeness (QED) is 0.386. The fourth-order valence-corrected chi connectivity index (χ4v) is 7.21. The molecule has 38 heavy (non-hydrogen) atoms. The largest absolute Gasteiger partial charge is 0.382 e. The summed E-state index contributed by atoms with van der Waals surface area (Å²) in [5.41, 5.74) is 16.3. The molecule has 0 saturated carbocycles. The summed E-state index contributed by atoms with van der Waals surface area (Å²) in [4.78, 5) is 23.4. The number of hydrogen-bond donors (Lipinski definition) is 2. The summed E-state index contributed by atoms with van der Waals surface area (Å²) in [5.74, 6) is -0.411. The Morgan fingerprint density at radius 3 is 2.34 bits per heavy atom. The number of pyridine rings is 1. The van der Waals surface area contributed by atoms with Crippen molar-refractivity contribution in [2.45, 2.75) is 48.6 Å². The molecule has 2 atom stereocenters. The van der Waals surface area contributed by atoms with Crippen LogP contribution in [0.5, 0.6) is 0 Å². The van der Waals surface area contributed by atoms with Crippen LogP contribution in [0.15, 0.2) is 59.8 Å². The first-order valence-corrected chi connectivity index (χ1v) is 14.5. The van der Waals surface area contributed by atoms with Gasteiger partial charge >= 0.3 is 0 Å². The monoisotopic (exact) mass is 531 g/mol. The van der Waals surface area contributed by atoms with E-state index < -0.39 is 9.84 Å². The van der Waals surface area contributed by atoms with Crippen LogP contribution in [0.3, 0.4) is 0 Å². The minimum atomic E-state index is -3.69. The SMILES string of the molecule is CS(=O)(=O)c1c(C2CC3CCC(C2)N3CC(N)=O)nc2c(-c3ccc(-c4ccccc4)nc3)cnn2c1N. The lowest BCUT2D eigenvalue weighted by Gasteiger charge is -2.38. The van der Waals surface area contributed by atoms with Crippen LogP contribution < -0.4 is 11.5 Å². The topological polar surface area (TPSA) is 150 Å². The first-order valence-electron chi connectivity index (χ1n) is 12.6. The van der Waals surface area contributed by atoms with Crippen LogP contribution in [-0.2, 0) is 14.6 Å². The fourth-order valence-electron chi connectivity index (χ4n) is 6.15. The molecule has 11 heteroatoms. The molecule has 2 saturated heterocycles. The molecule has 2 aliphatic rings. The van der Waals surface area contributed by atoms with Crippen molar-refractivity contribution in [3.63, 3.8) is 0 Å². The number of hydrogen-bond acceptors (Lipinski definition) is 8. The van der Waals surface area contributed by atoms with Crippen LogP contribution in [0.1, 0.15) is 37.3 Å². The van der Waals surface area contributed by atoms with E-state index >= 15 is 0 Å². The normalized spacial score (nSPS) is 21.7. The summed E-state index contributed by atoms with van der Waals surface area (Å²) in [5, 5.41) is 4.40. The molecule has 2 fully saturated rings. The Bertz CT molecular complexity index is 1620. The zero-order valence-electron chi connectivity index (χ0n) is 21.0. The number of carbonyl (C=O) groups excluding carboxylic acids is 1. The molecule has 10 nitrogen and oxygen atoms in total. The Hall–Kier alpha value is -3.83. The second kappa shape index (κ2) is 9.17. The van der Waals surface area contributed by atoms with Crippen LogP contribution in [-0.4, -0.2) is 63.7 Å². The van der Waals surface area contributed by atoms with Gasteiger partial charge in [0.15, 0.2) is 15.5 Å². The van der Waals surface area contributed by atoms with E-state index in [0.717, 1.165) is 41.5 Å². The molecular weight excluding hydrogens is 502 g/mol. The van der Waals surface area contributed by atoms with Gasteiger partial charge in [-0.15, -0.1) is 0 Å². The number of piperidine rings is 1. The van der Waals surface area contributed by atoms with Crippen molar-refractivity contribution in [3.8, 4) is 22.4 Å². The van der Waals surface area contributed by atoms with E-state index in [1.54, 1.807) is 12.4 Å². The summed E-state index contributed by atoms with van der Waals surface area (Å²) in [6, 6.07) is 14.1. The maximum Gasteiger partial charge on any atom is 0.231 e.